The molecule has 3 unspecified atom stereocenters. The van der Waals surface area contributed by atoms with Crippen LogP contribution in [-0.2, 0) is 14.9 Å². The summed E-state index contributed by atoms with van der Waals surface area (Å²) in [5.74, 6) is -1.58. The van der Waals surface area contributed by atoms with E-state index in [1.807, 2.05) is 0 Å². The molecule has 4 N–H and O–H groups in total. The molecule has 38 heavy (non-hydrogen) atoms. The van der Waals surface area contributed by atoms with Gasteiger partial charge in [-0.2, -0.15) is 8.42 Å². The fraction of sp³-hybridized carbons (Fsp3) is 0.767. The van der Waals surface area contributed by atoms with E-state index in [4.69, 9.17) is 0 Å². The fourth-order valence-electron chi connectivity index (χ4n) is 4.05. The van der Waals surface area contributed by atoms with Crippen molar-refractivity contribution < 1.29 is 28.0 Å². The minimum atomic E-state index is -4.44. The second kappa shape index (κ2) is 24.6. The molecule has 0 rings (SSSR count). The first-order valence-electron chi connectivity index (χ1n) is 14.8. The Bertz CT molecular complexity index is 763. The molecule has 0 spiro atoms. The van der Waals surface area contributed by atoms with Crippen LogP contribution in [0.25, 0.3) is 0 Å². The highest BCUT2D eigenvalue weighted by molar-refractivity contribution is 7.85. The smallest absolute Gasteiger partial charge is 0.267 e. The Hall–Kier alpha value is -1.48. The molecule has 0 aliphatic heterocycles. The minimum absolute atomic E-state index is 0.258. The third-order valence-corrected chi connectivity index (χ3v) is 7.18. The first-order valence-corrected chi connectivity index (χ1v) is 16.4. The van der Waals surface area contributed by atoms with Crippen LogP contribution in [0.3, 0.4) is 0 Å². The van der Waals surface area contributed by atoms with Gasteiger partial charge < -0.3 is 15.5 Å². The van der Waals surface area contributed by atoms with E-state index in [0.29, 0.717) is 12.8 Å². The minimum Gasteiger partial charge on any atom is -0.387 e. The molecule has 8 heteroatoms. The Balaban J connectivity index is 4.37. The summed E-state index contributed by atoms with van der Waals surface area (Å²) < 4.78 is 32.1. The van der Waals surface area contributed by atoms with Gasteiger partial charge in [0.1, 0.15) is 6.10 Å². The van der Waals surface area contributed by atoms with Crippen molar-refractivity contribution >= 4 is 16.0 Å². The summed E-state index contributed by atoms with van der Waals surface area (Å²) in [7, 11) is -4.44. The number of hydrogen-bond acceptors (Lipinski definition) is 5. The quantitative estimate of drug-likeness (QED) is 0.0583. The first-order chi connectivity index (χ1) is 18.2. The predicted molar refractivity (Wildman–Crippen MR) is 158 cm³/mol. The topological polar surface area (TPSA) is 124 Å². The molecule has 0 aromatic heterocycles. The summed E-state index contributed by atoms with van der Waals surface area (Å²) >= 11 is 0. The van der Waals surface area contributed by atoms with Crippen LogP contribution in [-0.4, -0.2) is 53.1 Å². The highest BCUT2D eigenvalue weighted by atomic mass is 32.2. The van der Waals surface area contributed by atoms with Gasteiger partial charge in [-0.15, -0.1) is 0 Å². The standard InChI is InChI=1S/C30H55NO6S/c1-3-5-7-9-11-13-15-17-19-21-23-25-29(33)30(34)31-27(26-38(35,36)37)28(32)24-22-20-18-16-14-12-10-8-6-4-2/h11,13-14,16,22,24,27-29,32-33H,3-10,12,15,17-21,23,25-26H2,1-2H3,(H,31,34)(H,35,36,37)/b13-11-,16-14+,24-22+. The molecule has 0 saturated carbocycles. The molecule has 0 aromatic rings. The Kier molecular flexibility index (Phi) is 23.6. The molecule has 0 fully saturated rings. The van der Waals surface area contributed by atoms with Crippen LogP contribution in [0.1, 0.15) is 123 Å². The maximum absolute atomic E-state index is 12.4. The number of amides is 1. The summed E-state index contributed by atoms with van der Waals surface area (Å²) in [4.78, 5) is 12.4. The third-order valence-electron chi connectivity index (χ3n) is 6.40. The van der Waals surface area contributed by atoms with E-state index in [0.717, 1.165) is 44.9 Å². The lowest BCUT2D eigenvalue weighted by Crippen LogP contribution is -2.50. The Morgan fingerprint density at radius 1 is 0.711 bits per heavy atom. The number of aliphatic hydroxyl groups excluding tert-OH is 2. The van der Waals surface area contributed by atoms with E-state index < -0.39 is 40.0 Å². The molecule has 222 valence electrons. The van der Waals surface area contributed by atoms with Gasteiger partial charge in [0.05, 0.1) is 17.9 Å². The summed E-state index contributed by atoms with van der Waals surface area (Å²) in [6, 6.07) is -1.25. The van der Waals surface area contributed by atoms with E-state index in [1.54, 1.807) is 6.08 Å². The van der Waals surface area contributed by atoms with E-state index in [9.17, 15) is 28.0 Å². The highest BCUT2D eigenvalue weighted by Gasteiger charge is 2.27. The van der Waals surface area contributed by atoms with Crippen LogP contribution < -0.4 is 5.32 Å². The van der Waals surface area contributed by atoms with E-state index in [2.05, 4.69) is 43.5 Å². The number of carbonyl (C=O) groups is 1. The number of unbranched alkanes of at least 4 members (excludes halogenated alkanes) is 12. The van der Waals surface area contributed by atoms with Gasteiger partial charge in [-0.05, 0) is 57.8 Å². The van der Waals surface area contributed by atoms with Gasteiger partial charge in [-0.25, -0.2) is 0 Å². The number of nitrogens with one attached hydrogen (secondary N) is 1. The SMILES string of the molecule is CCCCC/C=C\CCCCCCC(O)C(=O)NC(CS(=O)(=O)O)C(O)/C=C/CC/C=C/CCCCCC. The zero-order chi connectivity index (χ0) is 28.5. The molecule has 0 bridgehead atoms. The zero-order valence-electron chi connectivity index (χ0n) is 23.9. The second-order valence-corrected chi connectivity index (χ2v) is 11.7. The van der Waals surface area contributed by atoms with Gasteiger partial charge in [0, 0.05) is 0 Å². The number of rotatable bonds is 25. The van der Waals surface area contributed by atoms with E-state index in [-0.39, 0.29) is 6.42 Å². The Morgan fingerprint density at radius 2 is 1.18 bits per heavy atom. The molecule has 0 heterocycles. The molecule has 0 saturated heterocycles. The van der Waals surface area contributed by atoms with Crippen LogP contribution in [0.4, 0.5) is 0 Å². The summed E-state index contributed by atoms with van der Waals surface area (Å²) in [5.41, 5.74) is 0. The van der Waals surface area contributed by atoms with Crippen molar-refractivity contribution in [2.75, 3.05) is 5.75 Å². The van der Waals surface area contributed by atoms with Gasteiger partial charge in [0.15, 0.2) is 0 Å². The van der Waals surface area contributed by atoms with Gasteiger partial charge in [0.25, 0.3) is 10.1 Å². The van der Waals surface area contributed by atoms with Crippen molar-refractivity contribution in [1.29, 1.82) is 0 Å². The van der Waals surface area contributed by atoms with Gasteiger partial charge >= 0.3 is 0 Å². The maximum Gasteiger partial charge on any atom is 0.267 e. The van der Waals surface area contributed by atoms with Crippen LogP contribution in [0.5, 0.6) is 0 Å². The summed E-state index contributed by atoms with van der Waals surface area (Å²) in [5, 5.41) is 23.0. The van der Waals surface area contributed by atoms with Crippen LogP contribution in [0.2, 0.25) is 0 Å². The molecule has 0 aliphatic carbocycles. The number of allylic oxidation sites excluding steroid dienone is 5. The monoisotopic (exact) mass is 557 g/mol. The molecule has 7 nitrogen and oxygen atoms in total. The molecular formula is C30H55NO6S. The average Bonchev–Trinajstić information content (AvgIpc) is 2.86. The number of aliphatic hydroxyl groups is 2. The zero-order valence-corrected chi connectivity index (χ0v) is 24.7. The fourth-order valence-corrected chi connectivity index (χ4v) is 4.79. The first kappa shape index (κ1) is 36.5. The molecule has 0 aromatic carbocycles. The maximum atomic E-state index is 12.4. The summed E-state index contributed by atoms with van der Waals surface area (Å²) in [6.07, 6.45) is 26.4. The van der Waals surface area contributed by atoms with Crippen LogP contribution in [0.15, 0.2) is 36.5 Å². The summed E-state index contributed by atoms with van der Waals surface area (Å²) in [6.45, 7) is 4.38. The lowest BCUT2D eigenvalue weighted by atomic mass is 10.1. The van der Waals surface area contributed by atoms with Crippen molar-refractivity contribution in [2.45, 2.75) is 141 Å². The van der Waals surface area contributed by atoms with Crippen LogP contribution in [0, 0.1) is 0 Å². The molecule has 3 atom stereocenters. The van der Waals surface area contributed by atoms with Crippen molar-refractivity contribution in [1.82, 2.24) is 5.32 Å². The number of carbonyl (C=O) groups excluding carboxylic acids is 1. The lowest BCUT2D eigenvalue weighted by molar-refractivity contribution is -0.130. The van der Waals surface area contributed by atoms with Gasteiger partial charge in [-0.1, -0.05) is 102 Å². The molecule has 0 aliphatic rings. The lowest BCUT2D eigenvalue weighted by Gasteiger charge is -2.22. The molecule has 0 radical (unpaired) electrons. The van der Waals surface area contributed by atoms with Crippen molar-refractivity contribution in [3.8, 4) is 0 Å². The number of hydrogen-bond donors (Lipinski definition) is 4. The van der Waals surface area contributed by atoms with Crippen LogP contribution >= 0.6 is 0 Å². The van der Waals surface area contributed by atoms with Gasteiger partial charge in [-0.3, -0.25) is 9.35 Å². The average molecular weight is 558 g/mol. The van der Waals surface area contributed by atoms with Crippen molar-refractivity contribution in [3.63, 3.8) is 0 Å². The highest BCUT2D eigenvalue weighted by Crippen LogP contribution is 2.10. The Morgan fingerprint density at radius 3 is 1.76 bits per heavy atom. The van der Waals surface area contributed by atoms with E-state index in [1.165, 1.54) is 51.0 Å². The second-order valence-electron chi connectivity index (χ2n) is 10.2. The van der Waals surface area contributed by atoms with Crippen molar-refractivity contribution in [3.05, 3.63) is 36.5 Å². The molecule has 1 amide bonds. The molecular weight excluding hydrogens is 502 g/mol. The normalized spacial score (nSPS) is 15.0. The van der Waals surface area contributed by atoms with Gasteiger partial charge in [0.2, 0.25) is 5.91 Å². The predicted octanol–water partition coefficient (Wildman–Crippen LogP) is 6.42. The Labute approximate surface area is 232 Å². The largest absolute Gasteiger partial charge is 0.387 e. The third kappa shape index (κ3) is 23.6. The van der Waals surface area contributed by atoms with Crippen molar-refractivity contribution in [2.24, 2.45) is 0 Å². The van der Waals surface area contributed by atoms with E-state index >= 15 is 0 Å².